The Kier molecular flexibility index (Phi) is 5.90. The summed E-state index contributed by atoms with van der Waals surface area (Å²) in [5.74, 6) is 1.71. The number of carbonyl (C=O) groups excluding carboxylic acids is 1. The summed E-state index contributed by atoms with van der Waals surface area (Å²) in [7, 11) is 1.49. The summed E-state index contributed by atoms with van der Waals surface area (Å²) >= 11 is 0. The van der Waals surface area contributed by atoms with Crippen molar-refractivity contribution in [1.29, 1.82) is 0 Å². The number of carbonyl (C=O) groups is 1. The van der Waals surface area contributed by atoms with Crippen molar-refractivity contribution in [2.75, 3.05) is 7.11 Å². The minimum Gasteiger partial charge on any atom is -0.469 e. The van der Waals surface area contributed by atoms with Crippen LogP contribution in [0.15, 0.2) is 11.6 Å². The zero-order valence-corrected chi connectivity index (χ0v) is 12.5. The van der Waals surface area contributed by atoms with Crippen LogP contribution in [0.4, 0.5) is 0 Å². The van der Waals surface area contributed by atoms with Crippen molar-refractivity contribution in [2.45, 2.75) is 53.4 Å². The van der Waals surface area contributed by atoms with Crippen LogP contribution in [0.2, 0.25) is 0 Å². The van der Waals surface area contributed by atoms with E-state index < -0.39 is 0 Å². The van der Waals surface area contributed by atoms with Crippen LogP contribution in [0.1, 0.15) is 53.4 Å². The fourth-order valence-corrected chi connectivity index (χ4v) is 3.48. The van der Waals surface area contributed by atoms with Gasteiger partial charge in [-0.05, 0) is 43.4 Å². The molecule has 0 radical (unpaired) electrons. The molecule has 1 aliphatic carbocycles. The summed E-state index contributed by atoms with van der Waals surface area (Å²) in [4.78, 5) is 11.8. The van der Waals surface area contributed by atoms with Gasteiger partial charge in [0.25, 0.3) is 0 Å². The molecule has 0 bridgehead atoms. The van der Waals surface area contributed by atoms with E-state index >= 15 is 0 Å². The Morgan fingerprint density at radius 2 is 2.11 bits per heavy atom. The number of allylic oxidation sites excluding steroid dienone is 2. The second-order valence-electron chi connectivity index (χ2n) is 5.60. The largest absolute Gasteiger partial charge is 0.469 e. The zero-order chi connectivity index (χ0) is 13.7. The van der Waals surface area contributed by atoms with E-state index in [1.165, 1.54) is 25.5 Å². The third-order valence-corrected chi connectivity index (χ3v) is 4.53. The standard InChI is InChI=1S/C16H28O2/c1-6-8-15-13(7-2)11(3)9-10-14(15)12(4)16(17)18-5/h8,11-14H,6-7,9-10H2,1-5H3/b15-8+/t11-,12?,13?,14+/m1/s1. The van der Waals surface area contributed by atoms with Gasteiger partial charge in [-0.25, -0.2) is 0 Å². The molecule has 104 valence electrons. The van der Waals surface area contributed by atoms with Gasteiger partial charge in [-0.15, -0.1) is 0 Å². The second-order valence-corrected chi connectivity index (χ2v) is 5.60. The molecule has 18 heavy (non-hydrogen) atoms. The third-order valence-electron chi connectivity index (χ3n) is 4.53. The van der Waals surface area contributed by atoms with Crippen molar-refractivity contribution < 1.29 is 9.53 Å². The smallest absolute Gasteiger partial charge is 0.308 e. The molecule has 4 atom stereocenters. The third kappa shape index (κ3) is 3.15. The molecule has 0 spiro atoms. The highest BCUT2D eigenvalue weighted by molar-refractivity contribution is 5.72. The lowest BCUT2D eigenvalue weighted by Gasteiger charge is -2.39. The van der Waals surface area contributed by atoms with Crippen LogP contribution >= 0.6 is 0 Å². The Hall–Kier alpha value is -0.790. The van der Waals surface area contributed by atoms with Crippen molar-refractivity contribution in [3.63, 3.8) is 0 Å². The first-order valence-corrected chi connectivity index (χ1v) is 7.34. The second kappa shape index (κ2) is 6.96. The maximum atomic E-state index is 11.8. The van der Waals surface area contributed by atoms with E-state index in [9.17, 15) is 4.79 Å². The number of ether oxygens (including phenoxy) is 1. The van der Waals surface area contributed by atoms with Crippen LogP contribution in [-0.2, 0) is 9.53 Å². The molecule has 0 N–H and O–H groups in total. The van der Waals surface area contributed by atoms with Gasteiger partial charge in [0.15, 0.2) is 0 Å². The summed E-state index contributed by atoms with van der Waals surface area (Å²) < 4.78 is 4.92. The predicted molar refractivity (Wildman–Crippen MR) is 75.2 cm³/mol. The van der Waals surface area contributed by atoms with Gasteiger partial charge in [-0.1, -0.05) is 39.3 Å². The summed E-state index contributed by atoms with van der Waals surface area (Å²) in [6.45, 7) is 8.80. The number of rotatable bonds is 4. The molecular formula is C16H28O2. The molecule has 0 aromatic heterocycles. The van der Waals surface area contributed by atoms with E-state index in [4.69, 9.17) is 4.74 Å². The minimum absolute atomic E-state index is 0.00523. The maximum absolute atomic E-state index is 11.8. The Bertz CT molecular complexity index is 306. The molecule has 0 saturated heterocycles. The van der Waals surface area contributed by atoms with Gasteiger partial charge < -0.3 is 4.74 Å². The van der Waals surface area contributed by atoms with Crippen molar-refractivity contribution in [3.05, 3.63) is 11.6 Å². The molecule has 0 amide bonds. The molecule has 2 unspecified atom stereocenters. The Balaban J connectivity index is 2.95. The Labute approximate surface area is 112 Å². The van der Waals surface area contributed by atoms with E-state index in [-0.39, 0.29) is 11.9 Å². The van der Waals surface area contributed by atoms with Gasteiger partial charge >= 0.3 is 5.97 Å². The molecular weight excluding hydrogens is 224 g/mol. The molecule has 0 aromatic rings. The van der Waals surface area contributed by atoms with Gasteiger partial charge in [0.1, 0.15) is 0 Å². The Morgan fingerprint density at radius 1 is 1.44 bits per heavy atom. The quantitative estimate of drug-likeness (QED) is 0.553. The highest BCUT2D eigenvalue weighted by Gasteiger charge is 2.36. The van der Waals surface area contributed by atoms with Crippen LogP contribution in [0.3, 0.4) is 0 Å². The number of hydrogen-bond acceptors (Lipinski definition) is 2. The average Bonchev–Trinajstić information content (AvgIpc) is 2.38. The molecule has 1 saturated carbocycles. The highest BCUT2D eigenvalue weighted by atomic mass is 16.5. The van der Waals surface area contributed by atoms with Crippen molar-refractivity contribution in [2.24, 2.45) is 23.7 Å². The number of hydrogen-bond donors (Lipinski definition) is 0. The lowest BCUT2D eigenvalue weighted by Crippen LogP contribution is -2.33. The summed E-state index contributed by atoms with van der Waals surface area (Å²) in [6.07, 6.45) is 6.94. The van der Waals surface area contributed by atoms with E-state index in [0.717, 1.165) is 18.8 Å². The first kappa shape index (κ1) is 15.3. The fourth-order valence-electron chi connectivity index (χ4n) is 3.48. The molecule has 0 aromatic carbocycles. The first-order chi connectivity index (χ1) is 8.56. The van der Waals surface area contributed by atoms with Crippen molar-refractivity contribution in [1.82, 2.24) is 0 Å². The monoisotopic (exact) mass is 252 g/mol. The van der Waals surface area contributed by atoms with Gasteiger partial charge in [0, 0.05) is 0 Å². The van der Waals surface area contributed by atoms with Gasteiger partial charge in [-0.2, -0.15) is 0 Å². The SMILES string of the molecule is CC/C=C1\C(CC)[C@H](C)CC[C@H]1C(C)C(=O)OC. The zero-order valence-electron chi connectivity index (χ0n) is 12.5. The van der Waals surface area contributed by atoms with Crippen LogP contribution < -0.4 is 0 Å². The lowest BCUT2D eigenvalue weighted by molar-refractivity contribution is -0.146. The summed E-state index contributed by atoms with van der Waals surface area (Å²) in [5.41, 5.74) is 1.51. The van der Waals surface area contributed by atoms with Crippen LogP contribution in [0.25, 0.3) is 0 Å². The van der Waals surface area contributed by atoms with E-state index in [0.29, 0.717) is 11.8 Å². The Morgan fingerprint density at radius 3 is 2.61 bits per heavy atom. The number of esters is 1. The van der Waals surface area contributed by atoms with Crippen LogP contribution in [0, 0.1) is 23.7 Å². The van der Waals surface area contributed by atoms with Crippen LogP contribution in [0.5, 0.6) is 0 Å². The first-order valence-electron chi connectivity index (χ1n) is 7.34. The maximum Gasteiger partial charge on any atom is 0.308 e. The van der Waals surface area contributed by atoms with Gasteiger partial charge in [0.2, 0.25) is 0 Å². The topological polar surface area (TPSA) is 26.3 Å². The summed E-state index contributed by atoms with van der Waals surface area (Å²) in [5, 5.41) is 0. The average molecular weight is 252 g/mol. The van der Waals surface area contributed by atoms with Crippen LogP contribution in [-0.4, -0.2) is 13.1 Å². The van der Waals surface area contributed by atoms with E-state index in [1.54, 1.807) is 0 Å². The number of methoxy groups -OCH3 is 1. The molecule has 2 nitrogen and oxygen atoms in total. The lowest BCUT2D eigenvalue weighted by atomic mass is 9.66. The van der Waals surface area contributed by atoms with E-state index in [1.807, 2.05) is 6.92 Å². The normalized spacial score (nSPS) is 32.3. The van der Waals surface area contributed by atoms with E-state index in [2.05, 4.69) is 26.8 Å². The molecule has 0 aliphatic heterocycles. The highest BCUT2D eigenvalue weighted by Crippen LogP contribution is 2.43. The van der Waals surface area contributed by atoms with Gasteiger partial charge in [0.05, 0.1) is 13.0 Å². The molecule has 0 heterocycles. The van der Waals surface area contributed by atoms with Gasteiger partial charge in [-0.3, -0.25) is 4.79 Å². The van der Waals surface area contributed by atoms with Crippen molar-refractivity contribution in [3.8, 4) is 0 Å². The molecule has 1 fully saturated rings. The molecule has 1 rings (SSSR count). The fraction of sp³-hybridized carbons (Fsp3) is 0.812. The summed E-state index contributed by atoms with van der Waals surface area (Å²) in [6, 6.07) is 0. The van der Waals surface area contributed by atoms with Crippen molar-refractivity contribution >= 4 is 5.97 Å². The molecule has 2 heteroatoms. The molecule has 1 aliphatic rings. The minimum atomic E-state index is -0.0635. The predicted octanol–water partition coefficient (Wildman–Crippen LogP) is 4.20.